The second-order valence-electron chi connectivity index (χ2n) is 8.56. The van der Waals surface area contributed by atoms with E-state index in [0.29, 0.717) is 29.7 Å². The highest BCUT2D eigenvalue weighted by Crippen LogP contribution is 2.40. The van der Waals surface area contributed by atoms with Gasteiger partial charge < -0.3 is 4.90 Å². The Kier molecular flexibility index (Phi) is 4.62. The molecule has 9 heteroatoms. The summed E-state index contributed by atoms with van der Waals surface area (Å²) >= 11 is 0. The van der Waals surface area contributed by atoms with Gasteiger partial charge in [0.1, 0.15) is 12.7 Å². The summed E-state index contributed by atoms with van der Waals surface area (Å²) < 4.78 is 1.59. The van der Waals surface area contributed by atoms with Crippen LogP contribution in [-0.4, -0.2) is 77.4 Å². The zero-order valence-electron chi connectivity index (χ0n) is 16.4. The molecule has 0 spiro atoms. The van der Waals surface area contributed by atoms with Crippen molar-refractivity contribution in [3.05, 3.63) is 18.5 Å². The number of nitrogens with one attached hydrogen (secondary N) is 1. The molecule has 2 bridgehead atoms. The zero-order chi connectivity index (χ0) is 19.1. The van der Waals surface area contributed by atoms with Gasteiger partial charge in [-0.3, -0.25) is 19.4 Å². The van der Waals surface area contributed by atoms with E-state index in [-0.39, 0.29) is 5.91 Å². The molecular weight excluding hydrogens is 356 g/mol. The number of hydrogen-bond acceptors (Lipinski definition) is 6. The quantitative estimate of drug-likeness (QED) is 0.858. The van der Waals surface area contributed by atoms with Crippen LogP contribution in [0.2, 0.25) is 0 Å². The predicted octanol–water partition coefficient (Wildman–Crippen LogP) is 1.50. The molecule has 0 radical (unpaired) electrons. The highest BCUT2D eigenvalue weighted by atomic mass is 16.2. The molecule has 0 aromatic carbocycles. The largest absolute Gasteiger partial charge is 0.335 e. The molecule has 0 unspecified atom stereocenters. The molecule has 150 valence electrons. The molecule has 3 aliphatic heterocycles. The number of nitrogens with zero attached hydrogens (tertiary/aromatic N) is 7. The first-order valence-corrected chi connectivity index (χ1v) is 10.6. The third-order valence-corrected chi connectivity index (χ3v) is 6.75. The summed E-state index contributed by atoms with van der Waals surface area (Å²) in [5.74, 6) is 1.79. The molecule has 4 atom stereocenters. The summed E-state index contributed by atoms with van der Waals surface area (Å²) in [7, 11) is 0. The maximum Gasteiger partial charge on any atom is 0.291 e. The Morgan fingerprint density at radius 3 is 2.89 bits per heavy atom. The van der Waals surface area contributed by atoms with Crippen molar-refractivity contribution in [2.24, 2.45) is 11.8 Å². The van der Waals surface area contributed by atoms with Gasteiger partial charge in [0.2, 0.25) is 5.82 Å². The lowest BCUT2D eigenvalue weighted by molar-refractivity contribution is -0.0520. The van der Waals surface area contributed by atoms with Crippen molar-refractivity contribution in [2.45, 2.75) is 57.5 Å². The Bertz CT molecular complexity index is 816. The fourth-order valence-corrected chi connectivity index (χ4v) is 5.64. The molecule has 5 rings (SSSR count). The Balaban J connectivity index is 1.31. The number of amides is 1. The first-order valence-electron chi connectivity index (χ1n) is 10.6. The van der Waals surface area contributed by atoms with Gasteiger partial charge in [-0.2, -0.15) is 4.98 Å². The van der Waals surface area contributed by atoms with E-state index in [0.717, 1.165) is 25.7 Å². The minimum atomic E-state index is -0.0455. The maximum absolute atomic E-state index is 13.1. The molecule has 2 aromatic rings. The molecule has 1 N–H and O–H groups in total. The highest BCUT2D eigenvalue weighted by molar-refractivity contribution is 5.90. The van der Waals surface area contributed by atoms with Gasteiger partial charge in [0.05, 0.1) is 0 Å². The molecule has 0 saturated carbocycles. The van der Waals surface area contributed by atoms with E-state index in [9.17, 15) is 4.79 Å². The van der Waals surface area contributed by atoms with E-state index in [2.05, 4.69) is 37.2 Å². The minimum absolute atomic E-state index is 0.0455. The van der Waals surface area contributed by atoms with Gasteiger partial charge in [-0.15, -0.1) is 15.3 Å². The molecular formula is C19H28N8O. The van der Waals surface area contributed by atoms with Gasteiger partial charge in [-0.05, 0) is 37.5 Å². The van der Waals surface area contributed by atoms with Crippen LogP contribution in [0.1, 0.15) is 56.1 Å². The van der Waals surface area contributed by atoms with Crippen LogP contribution in [0.5, 0.6) is 0 Å². The normalized spacial score (nSPS) is 30.2. The fourth-order valence-electron chi connectivity index (χ4n) is 5.64. The second kappa shape index (κ2) is 7.27. The molecule has 1 amide bonds. The van der Waals surface area contributed by atoms with E-state index in [1.54, 1.807) is 4.57 Å². The average molecular weight is 384 g/mol. The summed E-state index contributed by atoms with van der Waals surface area (Å²) in [4.78, 5) is 22.2. The van der Waals surface area contributed by atoms with E-state index in [1.807, 2.05) is 4.90 Å². The highest BCUT2D eigenvalue weighted by Gasteiger charge is 2.45. The standard InChI is InChI=1S/C19H28N8O/c1-2-4-15-5-3-6-16-14-7-13(9-27(15)16)8-25(10-14)18(28)17-22-19(24-23-17)26-11-20-21-12-26/h11-16H,2-10H2,1H3,(H,22,23,24)/t13-,14+,15-,16-/m0/s1. The van der Waals surface area contributed by atoms with Crippen LogP contribution in [0.25, 0.3) is 5.95 Å². The number of H-pyrrole nitrogens is 1. The van der Waals surface area contributed by atoms with Crippen LogP contribution in [0, 0.1) is 11.8 Å². The van der Waals surface area contributed by atoms with Gasteiger partial charge in [-0.25, -0.2) is 0 Å². The van der Waals surface area contributed by atoms with Crippen LogP contribution in [0.15, 0.2) is 12.7 Å². The summed E-state index contributed by atoms with van der Waals surface area (Å²) in [5.41, 5.74) is 0. The molecule has 2 aromatic heterocycles. The van der Waals surface area contributed by atoms with Crippen LogP contribution >= 0.6 is 0 Å². The Labute approximate surface area is 164 Å². The third kappa shape index (κ3) is 3.11. The van der Waals surface area contributed by atoms with Crippen molar-refractivity contribution in [3.63, 3.8) is 0 Å². The van der Waals surface area contributed by atoms with E-state index in [1.165, 1.54) is 51.2 Å². The van der Waals surface area contributed by atoms with Crippen molar-refractivity contribution in [2.75, 3.05) is 19.6 Å². The van der Waals surface area contributed by atoms with Crippen LogP contribution in [0.3, 0.4) is 0 Å². The lowest BCUT2D eigenvalue weighted by atomic mass is 9.74. The fraction of sp³-hybridized carbons (Fsp3) is 0.737. The molecule has 28 heavy (non-hydrogen) atoms. The van der Waals surface area contributed by atoms with Gasteiger partial charge in [0, 0.05) is 31.7 Å². The summed E-state index contributed by atoms with van der Waals surface area (Å²) in [5, 5.41) is 14.4. The van der Waals surface area contributed by atoms with Crippen molar-refractivity contribution >= 4 is 5.91 Å². The number of carbonyl (C=O) groups is 1. The topological polar surface area (TPSA) is 95.8 Å². The number of piperidine rings is 3. The van der Waals surface area contributed by atoms with Crippen molar-refractivity contribution in [1.29, 1.82) is 0 Å². The number of aromatic amines is 1. The maximum atomic E-state index is 13.1. The smallest absolute Gasteiger partial charge is 0.291 e. The van der Waals surface area contributed by atoms with E-state index < -0.39 is 0 Å². The zero-order valence-corrected chi connectivity index (χ0v) is 16.4. The minimum Gasteiger partial charge on any atom is -0.335 e. The average Bonchev–Trinajstić information content (AvgIpc) is 3.40. The molecule has 5 heterocycles. The molecule has 3 saturated heterocycles. The van der Waals surface area contributed by atoms with Crippen molar-refractivity contribution < 1.29 is 4.79 Å². The van der Waals surface area contributed by atoms with Crippen molar-refractivity contribution in [1.82, 2.24) is 39.7 Å². The van der Waals surface area contributed by atoms with E-state index >= 15 is 0 Å². The molecule has 3 fully saturated rings. The molecule has 9 nitrogen and oxygen atoms in total. The lowest BCUT2D eigenvalue weighted by Gasteiger charge is -2.55. The molecule has 0 aliphatic carbocycles. The monoisotopic (exact) mass is 384 g/mol. The number of carbonyl (C=O) groups excluding carboxylic acids is 1. The summed E-state index contributed by atoms with van der Waals surface area (Å²) in [6.07, 6.45) is 10.8. The molecule has 3 aliphatic rings. The Morgan fingerprint density at radius 2 is 2.07 bits per heavy atom. The number of rotatable bonds is 4. The van der Waals surface area contributed by atoms with Gasteiger partial charge in [0.15, 0.2) is 0 Å². The van der Waals surface area contributed by atoms with Crippen LogP contribution in [0.4, 0.5) is 0 Å². The van der Waals surface area contributed by atoms with Crippen molar-refractivity contribution in [3.8, 4) is 5.95 Å². The number of likely N-dealkylation sites (tertiary alicyclic amines) is 1. The summed E-state index contributed by atoms with van der Waals surface area (Å²) in [6, 6.07) is 1.39. The van der Waals surface area contributed by atoms with E-state index in [4.69, 9.17) is 0 Å². The van der Waals surface area contributed by atoms with Gasteiger partial charge in [0.25, 0.3) is 11.9 Å². The second-order valence-corrected chi connectivity index (χ2v) is 8.56. The SMILES string of the molecule is CCC[C@H]1CCC[C@H]2[C@@H]3C[C@@H](CN(C(=O)c4nc(-n5cnnc5)n[nH]4)C3)CN12. The van der Waals surface area contributed by atoms with Gasteiger partial charge in [-0.1, -0.05) is 19.8 Å². The van der Waals surface area contributed by atoms with Crippen LogP contribution in [-0.2, 0) is 0 Å². The Hall–Kier alpha value is -2.29. The third-order valence-electron chi connectivity index (χ3n) is 6.75. The summed E-state index contributed by atoms with van der Waals surface area (Å²) in [6.45, 7) is 5.08. The number of hydrogen-bond donors (Lipinski definition) is 1. The lowest BCUT2D eigenvalue weighted by Crippen LogP contribution is -2.62. The first-order chi connectivity index (χ1) is 13.7. The number of aromatic nitrogens is 6. The predicted molar refractivity (Wildman–Crippen MR) is 102 cm³/mol. The van der Waals surface area contributed by atoms with Crippen LogP contribution < -0.4 is 0 Å². The number of fused-ring (bicyclic) bond motifs is 4. The first kappa shape index (κ1) is 17.8. The Morgan fingerprint density at radius 1 is 1.21 bits per heavy atom. The van der Waals surface area contributed by atoms with Gasteiger partial charge >= 0.3 is 0 Å².